The fourth-order valence-electron chi connectivity index (χ4n) is 3.72. The Morgan fingerprint density at radius 3 is 2.62 bits per heavy atom. The van der Waals surface area contributed by atoms with E-state index in [2.05, 4.69) is 78.6 Å². The maximum Gasteiger partial charge on any atom is 0.0641 e. The predicted molar refractivity (Wildman–Crippen MR) is 118 cm³/mol. The van der Waals surface area contributed by atoms with Gasteiger partial charge in [0.25, 0.3) is 0 Å². The second-order valence-corrected chi connectivity index (χ2v) is 8.51. The molecule has 0 bridgehead atoms. The van der Waals surface area contributed by atoms with Gasteiger partial charge in [-0.15, -0.1) is 0 Å². The van der Waals surface area contributed by atoms with Crippen LogP contribution in [-0.4, -0.2) is 18.3 Å². The maximum absolute atomic E-state index is 4.67. The Morgan fingerprint density at radius 1 is 1.15 bits per heavy atom. The first kappa shape index (κ1) is 18.9. The van der Waals surface area contributed by atoms with E-state index in [1.165, 1.54) is 28.0 Å². The first-order chi connectivity index (χ1) is 12.3. The zero-order chi connectivity index (χ0) is 18.9. The van der Waals surface area contributed by atoms with Crippen molar-refractivity contribution < 1.29 is 0 Å². The van der Waals surface area contributed by atoms with Gasteiger partial charge in [-0.2, -0.15) is 0 Å². The van der Waals surface area contributed by atoms with Crippen LogP contribution in [0.4, 0.5) is 11.4 Å². The van der Waals surface area contributed by atoms with Gasteiger partial charge in [-0.05, 0) is 81.1 Å². The molecule has 0 N–H and O–H groups in total. The van der Waals surface area contributed by atoms with Crippen molar-refractivity contribution in [2.75, 3.05) is 11.4 Å². The van der Waals surface area contributed by atoms with Crippen molar-refractivity contribution in [3.05, 3.63) is 63.6 Å². The quantitative estimate of drug-likeness (QED) is 0.499. The Balaban J connectivity index is 2.03. The van der Waals surface area contributed by atoms with E-state index in [0.29, 0.717) is 0 Å². The Bertz CT molecular complexity index is 878. The van der Waals surface area contributed by atoms with Crippen LogP contribution in [0.15, 0.2) is 51.9 Å². The number of aliphatic imine (C=N–C) groups is 1. The molecule has 2 aromatic rings. The number of benzene rings is 2. The van der Waals surface area contributed by atoms with Gasteiger partial charge in [0, 0.05) is 28.5 Å². The van der Waals surface area contributed by atoms with Gasteiger partial charge in [-0.3, -0.25) is 4.99 Å². The molecule has 0 amide bonds. The summed E-state index contributed by atoms with van der Waals surface area (Å²) >= 11 is 3.51. The second-order valence-electron chi connectivity index (χ2n) is 7.60. The summed E-state index contributed by atoms with van der Waals surface area (Å²) in [5.41, 5.74) is 7.44. The van der Waals surface area contributed by atoms with Gasteiger partial charge >= 0.3 is 0 Å². The highest BCUT2D eigenvalue weighted by molar-refractivity contribution is 9.10. The van der Waals surface area contributed by atoms with E-state index in [4.69, 9.17) is 0 Å². The minimum Gasteiger partial charge on any atom is -0.362 e. The van der Waals surface area contributed by atoms with Crippen molar-refractivity contribution in [1.29, 1.82) is 0 Å². The molecule has 3 heteroatoms. The molecule has 0 saturated heterocycles. The normalized spacial score (nSPS) is 15.9. The zero-order valence-corrected chi connectivity index (χ0v) is 17.9. The van der Waals surface area contributed by atoms with E-state index >= 15 is 0 Å². The molecule has 0 aromatic heterocycles. The van der Waals surface area contributed by atoms with Crippen LogP contribution in [0.1, 0.15) is 50.8 Å². The smallest absolute Gasteiger partial charge is 0.0641 e. The van der Waals surface area contributed by atoms with Crippen LogP contribution in [0.3, 0.4) is 0 Å². The van der Waals surface area contributed by atoms with Gasteiger partial charge in [0.1, 0.15) is 0 Å². The molecule has 2 aromatic carbocycles. The summed E-state index contributed by atoms with van der Waals surface area (Å²) in [6, 6.07) is 12.7. The molecule has 0 aliphatic carbocycles. The van der Waals surface area contributed by atoms with Crippen LogP contribution in [0.2, 0.25) is 0 Å². The zero-order valence-electron chi connectivity index (χ0n) is 16.3. The molecule has 26 heavy (non-hydrogen) atoms. The van der Waals surface area contributed by atoms with Gasteiger partial charge in [0.15, 0.2) is 0 Å². The van der Waals surface area contributed by atoms with Crippen molar-refractivity contribution in [3.8, 4) is 0 Å². The molecule has 0 saturated carbocycles. The average molecular weight is 411 g/mol. The van der Waals surface area contributed by atoms with Gasteiger partial charge in [-0.25, -0.2) is 0 Å². The van der Waals surface area contributed by atoms with Crippen LogP contribution < -0.4 is 4.90 Å². The Labute approximate surface area is 165 Å². The first-order valence-electron chi connectivity index (χ1n) is 9.23. The minimum atomic E-state index is 0.0471. The third-order valence-corrected chi connectivity index (χ3v) is 5.47. The van der Waals surface area contributed by atoms with Crippen molar-refractivity contribution in [3.63, 3.8) is 0 Å². The lowest BCUT2D eigenvalue weighted by atomic mass is 9.87. The highest BCUT2D eigenvalue weighted by Gasteiger charge is 2.30. The van der Waals surface area contributed by atoms with E-state index in [0.717, 1.165) is 23.1 Å². The molecule has 1 aliphatic rings. The third-order valence-electron chi connectivity index (χ3n) is 4.97. The Hall–Kier alpha value is -1.87. The number of nitrogens with zero attached hydrogens (tertiary/aromatic N) is 2. The number of anilines is 1. The summed E-state index contributed by atoms with van der Waals surface area (Å²) in [6.45, 7) is 12.3. The number of halogens is 1. The first-order valence-corrected chi connectivity index (χ1v) is 10.0. The van der Waals surface area contributed by atoms with Crippen molar-refractivity contribution >= 4 is 39.1 Å². The number of hydrogen-bond donors (Lipinski definition) is 0. The molecular weight excluding hydrogens is 384 g/mol. The molecule has 0 atom stereocenters. The molecule has 0 unspecified atom stereocenters. The van der Waals surface area contributed by atoms with E-state index in [1.54, 1.807) is 0 Å². The molecule has 3 rings (SSSR count). The Kier molecular flexibility index (Phi) is 5.38. The fraction of sp³-hybridized carbons (Fsp3) is 0.348. The SMILES string of the molecule is CCCN1c2cc(C)c(C=Nc3cccc(Br)c3)cc2C(C)=CC1(C)C. The lowest BCUT2D eigenvalue weighted by Gasteiger charge is -2.43. The Morgan fingerprint density at radius 2 is 1.92 bits per heavy atom. The minimum absolute atomic E-state index is 0.0471. The average Bonchev–Trinajstić information content (AvgIpc) is 2.57. The van der Waals surface area contributed by atoms with Crippen LogP contribution in [0.5, 0.6) is 0 Å². The maximum atomic E-state index is 4.67. The van der Waals surface area contributed by atoms with E-state index in [1.807, 2.05) is 30.5 Å². The van der Waals surface area contributed by atoms with Gasteiger partial charge in [-0.1, -0.05) is 35.0 Å². The monoisotopic (exact) mass is 410 g/mol. The van der Waals surface area contributed by atoms with Crippen molar-refractivity contribution in [2.45, 2.75) is 46.6 Å². The number of aryl methyl sites for hydroxylation is 1. The summed E-state index contributed by atoms with van der Waals surface area (Å²) in [5.74, 6) is 0. The number of hydrogen-bond acceptors (Lipinski definition) is 2. The molecule has 2 nitrogen and oxygen atoms in total. The van der Waals surface area contributed by atoms with Gasteiger partial charge in [0.05, 0.1) is 11.2 Å². The van der Waals surface area contributed by atoms with Crippen LogP contribution in [0.25, 0.3) is 5.57 Å². The summed E-state index contributed by atoms with van der Waals surface area (Å²) in [6.07, 6.45) is 5.50. The van der Waals surface area contributed by atoms with Crippen LogP contribution >= 0.6 is 15.9 Å². The van der Waals surface area contributed by atoms with Crippen LogP contribution in [0, 0.1) is 6.92 Å². The molecule has 0 fully saturated rings. The number of allylic oxidation sites excluding steroid dienone is 1. The second kappa shape index (κ2) is 7.40. The van der Waals surface area contributed by atoms with Crippen LogP contribution in [-0.2, 0) is 0 Å². The fourth-order valence-corrected chi connectivity index (χ4v) is 4.10. The lowest BCUT2D eigenvalue weighted by molar-refractivity contribution is 0.550. The largest absolute Gasteiger partial charge is 0.362 e. The number of rotatable bonds is 4. The lowest BCUT2D eigenvalue weighted by Crippen LogP contribution is -2.45. The third kappa shape index (κ3) is 3.78. The predicted octanol–water partition coefficient (Wildman–Crippen LogP) is 6.92. The summed E-state index contributed by atoms with van der Waals surface area (Å²) in [4.78, 5) is 7.19. The highest BCUT2D eigenvalue weighted by Crippen LogP contribution is 2.40. The number of fused-ring (bicyclic) bond motifs is 1. The highest BCUT2D eigenvalue weighted by atomic mass is 79.9. The molecule has 1 aliphatic heterocycles. The summed E-state index contributed by atoms with van der Waals surface area (Å²) in [5, 5.41) is 0. The molecular formula is C23H27BrN2. The molecule has 0 spiro atoms. The molecule has 0 radical (unpaired) electrons. The van der Waals surface area contributed by atoms with E-state index in [-0.39, 0.29) is 5.54 Å². The van der Waals surface area contributed by atoms with Gasteiger partial charge in [0.2, 0.25) is 0 Å². The topological polar surface area (TPSA) is 15.6 Å². The summed E-state index contributed by atoms with van der Waals surface area (Å²) in [7, 11) is 0. The standard InChI is InChI=1S/C23H27BrN2/c1-6-10-26-22-11-16(2)18(12-21(22)17(3)14-23(26,4)5)15-25-20-9-7-8-19(24)13-20/h7-9,11-15H,6,10H2,1-5H3. The van der Waals surface area contributed by atoms with Crippen molar-refractivity contribution in [2.24, 2.45) is 4.99 Å². The van der Waals surface area contributed by atoms with Crippen molar-refractivity contribution in [1.82, 2.24) is 0 Å². The van der Waals surface area contributed by atoms with E-state index < -0.39 is 0 Å². The summed E-state index contributed by atoms with van der Waals surface area (Å²) < 4.78 is 1.05. The van der Waals surface area contributed by atoms with Gasteiger partial charge < -0.3 is 4.90 Å². The molecule has 1 heterocycles. The molecule has 136 valence electrons. The van der Waals surface area contributed by atoms with E-state index in [9.17, 15) is 0 Å².